The van der Waals surface area contributed by atoms with Crippen molar-refractivity contribution < 1.29 is 14.0 Å². The smallest absolute Gasteiger partial charge is 0.252 e. The number of hydrogen-bond acceptors (Lipinski definition) is 3. The van der Waals surface area contributed by atoms with Crippen molar-refractivity contribution >= 4 is 33.6 Å². The van der Waals surface area contributed by atoms with Crippen LogP contribution in [-0.2, 0) is 15.7 Å². The molecule has 0 unspecified atom stereocenters. The topological polar surface area (TPSA) is 76.0 Å². The molecule has 29 heavy (non-hydrogen) atoms. The monoisotopic (exact) mass is 466 g/mol. The number of rotatable bonds is 5. The molecule has 8 heteroatoms. The van der Waals surface area contributed by atoms with E-state index in [1.165, 1.54) is 12.1 Å². The van der Waals surface area contributed by atoms with E-state index in [-0.39, 0.29) is 35.4 Å². The van der Waals surface area contributed by atoms with Gasteiger partial charge in [-0.1, -0.05) is 20.8 Å². The van der Waals surface area contributed by atoms with Crippen LogP contribution in [0.5, 0.6) is 0 Å². The van der Waals surface area contributed by atoms with E-state index >= 15 is 0 Å². The van der Waals surface area contributed by atoms with Crippen molar-refractivity contribution in [2.24, 2.45) is 0 Å². The molecule has 0 aliphatic heterocycles. The number of nitrogens with zero attached hydrogens (tertiary/aromatic N) is 2. The molecule has 2 rings (SSSR count). The highest BCUT2D eigenvalue weighted by molar-refractivity contribution is 9.10. The SMILES string of the molecule is CC(C)(C)c1cc(NC(=O)CCNC(=O)c2cc(F)ccc2Br)n(C(C)(C)C)n1. The summed E-state index contributed by atoms with van der Waals surface area (Å²) in [4.78, 5) is 24.6. The van der Waals surface area contributed by atoms with Gasteiger partial charge in [-0.3, -0.25) is 9.59 Å². The molecule has 0 saturated heterocycles. The van der Waals surface area contributed by atoms with E-state index in [1.54, 1.807) is 4.68 Å². The van der Waals surface area contributed by atoms with Gasteiger partial charge in [0.05, 0.1) is 16.8 Å². The maximum Gasteiger partial charge on any atom is 0.252 e. The minimum Gasteiger partial charge on any atom is -0.351 e. The highest BCUT2D eigenvalue weighted by atomic mass is 79.9. The van der Waals surface area contributed by atoms with Crippen LogP contribution in [-0.4, -0.2) is 28.1 Å². The molecule has 0 aliphatic carbocycles. The molecule has 0 fully saturated rings. The van der Waals surface area contributed by atoms with Gasteiger partial charge in [-0.25, -0.2) is 9.07 Å². The fourth-order valence-corrected chi connectivity index (χ4v) is 3.04. The number of nitrogens with one attached hydrogen (secondary N) is 2. The molecule has 0 spiro atoms. The van der Waals surface area contributed by atoms with Gasteiger partial charge in [-0.15, -0.1) is 0 Å². The third-order valence-corrected chi connectivity index (χ3v) is 4.88. The summed E-state index contributed by atoms with van der Waals surface area (Å²) < 4.78 is 15.6. The maximum atomic E-state index is 13.3. The number of aromatic nitrogens is 2. The third-order valence-electron chi connectivity index (χ3n) is 4.19. The second kappa shape index (κ2) is 8.65. The third kappa shape index (κ3) is 6.13. The predicted molar refractivity (Wildman–Crippen MR) is 116 cm³/mol. The van der Waals surface area contributed by atoms with Crippen LogP contribution < -0.4 is 10.6 Å². The Morgan fingerprint density at radius 3 is 2.38 bits per heavy atom. The van der Waals surface area contributed by atoms with Crippen molar-refractivity contribution in [1.82, 2.24) is 15.1 Å². The molecule has 0 aliphatic rings. The molecule has 0 radical (unpaired) electrons. The predicted octanol–water partition coefficient (Wildman–Crippen LogP) is 4.60. The summed E-state index contributed by atoms with van der Waals surface area (Å²) in [5.41, 5.74) is 0.616. The van der Waals surface area contributed by atoms with Crippen LogP contribution in [0.25, 0.3) is 0 Å². The lowest BCUT2D eigenvalue weighted by Gasteiger charge is -2.23. The molecule has 0 atom stereocenters. The molecule has 1 heterocycles. The molecule has 0 saturated carbocycles. The number of hydrogen-bond donors (Lipinski definition) is 2. The van der Waals surface area contributed by atoms with E-state index in [0.717, 1.165) is 11.8 Å². The van der Waals surface area contributed by atoms with E-state index in [9.17, 15) is 14.0 Å². The standard InChI is InChI=1S/C21H28BrFN4O2/c1-20(2,3)16-12-17(27(26-16)21(4,5)6)25-18(28)9-10-24-19(29)14-11-13(23)7-8-15(14)22/h7-8,11-12H,9-10H2,1-6H3,(H,24,29)(H,25,28). The number of carbonyl (C=O) groups excluding carboxylic acids is 2. The summed E-state index contributed by atoms with van der Waals surface area (Å²) in [6.45, 7) is 12.4. The largest absolute Gasteiger partial charge is 0.351 e. The molecule has 0 bridgehead atoms. The molecule has 158 valence electrons. The lowest BCUT2D eigenvalue weighted by molar-refractivity contribution is -0.116. The van der Waals surface area contributed by atoms with Crippen molar-refractivity contribution in [1.29, 1.82) is 0 Å². The second-order valence-electron chi connectivity index (χ2n) is 8.93. The summed E-state index contributed by atoms with van der Waals surface area (Å²) in [5.74, 6) is -0.568. The Morgan fingerprint density at radius 2 is 1.79 bits per heavy atom. The first kappa shape index (κ1) is 23.1. The molecule has 1 aromatic carbocycles. The van der Waals surface area contributed by atoms with Crippen LogP contribution in [0.15, 0.2) is 28.7 Å². The number of carbonyl (C=O) groups is 2. The van der Waals surface area contributed by atoms with Crippen LogP contribution in [0.2, 0.25) is 0 Å². The average Bonchev–Trinajstić information content (AvgIpc) is 3.01. The zero-order valence-corrected chi connectivity index (χ0v) is 19.3. The first-order valence-corrected chi connectivity index (χ1v) is 10.2. The zero-order valence-electron chi connectivity index (χ0n) is 17.7. The van der Waals surface area contributed by atoms with E-state index in [2.05, 4.69) is 52.4 Å². The molecular weight excluding hydrogens is 439 g/mol. The Labute approximate surface area is 179 Å². The normalized spacial score (nSPS) is 12.0. The summed E-state index contributed by atoms with van der Waals surface area (Å²) in [5, 5.41) is 10.2. The number of amides is 2. The summed E-state index contributed by atoms with van der Waals surface area (Å²) in [6, 6.07) is 5.76. The summed E-state index contributed by atoms with van der Waals surface area (Å²) >= 11 is 3.22. The van der Waals surface area contributed by atoms with E-state index < -0.39 is 11.7 Å². The number of anilines is 1. The minimum atomic E-state index is -0.499. The highest BCUT2D eigenvalue weighted by Crippen LogP contribution is 2.28. The van der Waals surface area contributed by atoms with Gasteiger partial charge >= 0.3 is 0 Å². The fourth-order valence-electron chi connectivity index (χ4n) is 2.61. The minimum absolute atomic E-state index is 0.0822. The first-order valence-electron chi connectivity index (χ1n) is 9.43. The van der Waals surface area contributed by atoms with E-state index in [0.29, 0.717) is 10.3 Å². The van der Waals surface area contributed by atoms with Gasteiger partial charge in [0, 0.05) is 28.9 Å². The summed E-state index contributed by atoms with van der Waals surface area (Å²) in [7, 11) is 0. The highest BCUT2D eigenvalue weighted by Gasteiger charge is 2.25. The molecule has 6 nitrogen and oxygen atoms in total. The number of halogens is 2. The molecule has 2 aromatic rings. The van der Waals surface area contributed by atoms with Gasteiger partial charge in [0.15, 0.2) is 0 Å². The Kier molecular flexibility index (Phi) is 6.88. The first-order chi connectivity index (χ1) is 13.3. The molecule has 2 amide bonds. The zero-order chi connectivity index (χ0) is 22.0. The van der Waals surface area contributed by atoms with Crippen LogP contribution in [0.4, 0.5) is 10.2 Å². The van der Waals surface area contributed by atoms with E-state index in [1.807, 2.05) is 26.8 Å². The fraction of sp³-hybridized carbons (Fsp3) is 0.476. The van der Waals surface area contributed by atoms with Gasteiger partial charge in [0.25, 0.3) is 5.91 Å². The Morgan fingerprint density at radius 1 is 1.14 bits per heavy atom. The Hall–Kier alpha value is -2.22. The van der Waals surface area contributed by atoms with Crippen molar-refractivity contribution in [3.63, 3.8) is 0 Å². The van der Waals surface area contributed by atoms with Crippen molar-refractivity contribution in [3.05, 3.63) is 45.8 Å². The number of benzene rings is 1. The van der Waals surface area contributed by atoms with Gasteiger partial charge < -0.3 is 10.6 Å². The Bertz CT molecular complexity index is 910. The van der Waals surface area contributed by atoms with Gasteiger partial charge in [-0.05, 0) is 54.9 Å². The van der Waals surface area contributed by atoms with Crippen molar-refractivity contribution in [2.45, 2.75) is 58.9 Å². The van der Waals surface area contributed by atoms with Crippen molar-refractivity contribution in [3.8, 4) is 0 Å². The summed E-state index contributed by atoms with van der Waals surface area (Å²) in [6.07, 6.45) is 0.0822. The lowest BCUT2D eigenvalue weighted by Crippen LogP contribution is -2.30. The van der Waals surface area contributed by atoms with E-state index in [4.69, 9.17) is 0 Å². The van der Waals surface area contributed by atoms with Crippen LogP contribution in [0, 0.1) is 5.82 Å². The van der Waals surface area contributed by atoms with Crippen LogP contribution >= 0.6 is 15.9 Å². The Balaban J connectivity index is 2.01. The quantitative estimate of drug-likeness (QED) is 0.675. The second-order valence-corrected chi connectivity index (χ2v) is 9.78. The molecular formula is C21H28BrFN4O2. The van der Waals surface area contributed by atoms with Gasteiger partial charge in [-0.2, -0.15) is 5.10 Å². The molecule has 2 N–H and O–H groups in total. The lowest BCUT2D eigenvalue weighted by atomic mass is 9.92. The molecule has 1 aromatic heterocycles. The average molecular weight is 467 g/mol. The van der Waals surface area contributed by atoms with Gasteiger partial charge in [0.2, 0.25) is 5.91 Å². The van der Waals surface area contributed by atoms with Crippen LogP contribution in [0.3, 0.4) is 0 Å². The maximum absolute atomic E-state index is 13.3. The van der Waals surface area contributed by atoms with Gasteiger partial charge in [0.1, 0.15) is 11.6 Å². The van der Waals surface area contributed by atoms with Crippen LogP contribution in [0.1, 0.15) is 64.0 Å². The van der Waals surface area contributed by atoms with Crippen molar-refractivity contribution in [2.75, 3.05) is 11.9 Å².